The summed E-state index contributed by atoms with van der Waals surface area (Å²) in [6, 6.07) is 10.5. The molecule has 0 bridgehead atoms. The molecule has 2 aromatic rings. The summed E-state index contributed by atoms with van der Waals surface area (Å²) in [5.74, 6) is -1.34. The molecule has 0 saturated heterocycles. The second kappa shape index (κ2) is 5.04. The first kappa shape index (κ1) is 12.4. The van der Waals surface area contributed by atoms with Crippen LogP contribution < -0.4 is 4.90 Å². The lowest BCUT2D eigenvalue weighted by Gasteiger charge is -2.20. The van der Waals surface area contributed by atoms with Crippen molar-refractivity contribution in [3.8, 4) is 5.75 Å². The van der Waals surface area contributed by atoms with Crippen molar-refractivity contribution in [3.63, 3.8) is 0 Å². The van der Waals surface area contributed by atoms with Gasteiger partial charge in [0.1, 0.15) is 5.82 Å². The number of anilines is 1. The predicted molar refractivity (Wildman–Crippen MR) is 66.6 cm³/mol. The summed E-state index contributed by atoms with van der Waals surface area (Å²) >= 11 is 0. The molecule has 0 aliphatic heterocycles. The van der Waals surface area contributed by atoms with E-state index in [1.54, 1.807) is 30.1 Å². The van der Waals surface area contributed by atoms with Gasteiger partial charge in [-0.15, -0.1) is 0 Å². The lowest BCUT2D eigenvalue weighted by molar-refractivity contribution is 0.425. The number of hydrogen-bond acceptors (Lipinski definition) is 2. The molecule has 94 valence electrons. The van der Waals surface area contributed by atoms with Crippen LogP contribution >= 0.6 is 0 Å². The van der Waals surface area contributed by atoms with Crippen LogP contribution in [0.3, 0.4) is 0 Å². The SMILES string of the molecule is CN(Cc1cccc(F)c1O)c1cccc(F)c1. The Morgan fingerprint density at radius 3 is 2.56 bits per heavy atom. The van der Waals surface area contributed by atoms with Gasteiger partial charge in [-0.1, -0.05) is 18.2 Å². The molecule has 0 unspecified atom stereocenters. The average Bonchev–Trinajstić information content (AvgIpc) is 2.35. The second-order valence-electron chi connectivity index (χ2n) is 4.08. The van der Waals surface area contributed by atoms with Crippen LogP contribution in [0, 0.1) is 11.6 Å². The van der Waals surface area contributed by atoms with Crippen LogP contribution in [-0.2, 0) is 6.54 Å². The van der Waals surface area contributed by atoms with Crippen LogP contribution in [-0.4, -0.2) is 12.2 Å². The third-order valence-corrected chi connectivity index (χ3v) is 2.73. The minimum Gasteiger partial charge on any atom is -0.505 e. The smallest absolute Gasteiger partial charge is 0.165 e. The molecule has 0 aliphatic rings. The number of aromatic hydroxyl groups is 1. The van der Waals surface area contributed by atoms with Crippen molar-refractivity contribution >= 4 is 5.69 Å². The van der Waals surface area contributed by atoms with Gasteiger partial charge in [0, 0.05) is 24.8 Å². The fourth-order valence-corrected chi connectivity index (χ4v) is 1.75. The third-order valence-electron chi connectivity index (χ3n) is 2.73. The highest BCUT2D eigenvalue weighted by atomic mass is 19.1. The molecule has 0 aliphatic carbocycles. The maximum absolute atomic E-state index is 13.2. The molecule has 0 saturated carbocycles. The first-order chi connectivity index (χ1) is 8.58. The molecule has 0 spiro atoms. The Bertz CT molecular complexity index is 557. The lowest BCUT2D eigenvalue weighted by Crippen LogP contribution is -2.16. The van der Waals surface area contributed by atoms with Crippen LogP contribution in [0.2, 0.25) is 0 Å². The molecule has 2 rings (SSSR count). The highest BCUT2D eigenvalue weighted by Crippen LogP contribution is 2.24. The Balaban J connectivity index is 2.21. The van der Waals surface area contributed by atoms with Gasteiger partial charge in [0.15, 0.2) is 11.6 Å². The minimum absolute atomic E-state index is 0.299. The molecule has 0 aromatic heterocycles. The number of para-hydroxylation sites is 1. The standard InChI is InChI=1S/C14H13F2NO/c1-17(12-6-3-5-11(15)8-12)9-10-4-2-7-13(16)14(10)18/h2-8,18H,9H2,1H3. The zero-order valence-electron chi connectivity index (χ0n) is 9.90. The van der Waals surface area contributed by atoms with Crippen molar-refractivity contribution in [1.82, 2.24) is 0 Å². The van der Waals surface area contributed by atoms with E-state index in [9.17, 15) is 13.9 Å². The summed E-state index contributed by atoms with van der Waals surface area (Å²) in [6.45, 7) is 0.299. The number of phenolic OH excluding ortho intramolecular Hbond substituents is 1. The van der Waals surface area contributed by atoms with Gasteiger partial charge in [-0.3, -0.25) is 0 Å². The number of rotatable bonds is 3. The Morgan fingerprint density at radius 2 is 1.83 bits per heavy atom. The molecular formula is C14H13F2NO. The molecule has 2 aromatic carbocycles. The van der Waals surface area contributed by atoms with Crippen molar-refractivity contribution < 1.29 is 13.9 Å². The summed E-state index contributed by atoms with van der Waals surface area (Å²) in [5.41, 5.74) is 1.13. The largest absolute Gasteiger partial charge is 0.505 e. The summed E-state index contributed by atoms with van der Waals surface area (Å²) in [5, 5.41) is 9.57. The third kappa shape index (κ3) is 2.59. The van der Waals surface area contributed by atoms with E-state index in [-0.39, 0.29) is 11.6 Å². The van der Waals surface area contributed by atoms with Crippen LogP contribution in [0.1, 0.15) is 5.56 Å². The monoisotopic (exact) mass is 249 g/mol. The maximum Gasteiger partial charge on any atom is 0.165 e. The first-order valence-corrected chi connectivity index (χ1v) is 5.51. The molecule has 4 heteroatoms. The maximum atomic E-state index is 13.2. The summed E-state index contributed by atoms with van der Waals surface area (Å²) in [7, 11) is 1.75. The van der Waals surface area contributed by atoms with Crippen LogP contribution in [0.5, 0.6) is 5.75 Å². The van der Waals surface area contributed by atoms with E-state index in [0.717, 1.165) is 0 Å². The highest BCUT2D eigenvalue weighted by Gasteiger charge is 2.09. The highest BCUT2D eigenvalue weighted by molar-refractivity contribution is 5.47. The molecule has 2 nitrogen and oxygen atoms in total. The predicted octanol–water partition coefficient (Wildman–Crippen LogP) is 3.31. The summed E-state index contributed by atoms with van der Waals surface area (Å²) < 4.78 is 26.2. The molecule has 0 atom stereocenters. The molecule has 18 heavy (non-hydrogen) atoms. The first-order valence-electron chi connectivity index (χ1n) is 5.51. The second-order valence-corrected chi connectivity index (χ2v) is 4.08. The molecule has 0 heterocycles. The Morgan fingerprint density at radius 1 is 1.11 bits per heavy atom. The van der Waals surface area contributed by atoms with Crippen molar-refractivity contribution in [2.75, 3.05) is 11.9 Å². The zero-order chi connectivity index (χ0) is 13.1. The van der Waals surface area contributed by atoms with Gasteiger partial charge in [-0.05, 0) is 24.3 Å². The number of halogens is 2. The molecular weight excluding hydrogens is 236 g/mol. The van der Waals surface area contributed by atoms with Crippen molar-refractivity contribution in [1.29, 1.82) is 0 Å². The van der Waals surface area contributed by atoms with E-state index in [1.807, 2.05) is 0 Å². The minimum atomic E-state index is -0.653. The normalized spacial score (nSPS) is 10.4. The lowest BCUT2D eigenvalue weighted by atomic mass is 10.1. The summed E-state index contributed by atoms with van der Waals surface area (Å²) in [4.78, 5) is 1.73. The van der Waals surface area contributed by atoms with Gasteiger partial charge >= 0.3 is 0 Å². The van der Waals surface area contributed by atoms with E-state index in [1.165, 1.54) is 24.3 Å². The Kier molecular flexibility index (Phi) is 3.46. The average molecular weight is 249 g/mol. The zero-order valence-corrected chi connectivity index (χ0v) is 9.90. The summed E-state index contributed by atoms with van der Waals surface area (Å²) in [6.07, 6.45) is 0. The van der Waals surface area contributed by atoms with Gasteiger partial charge in [0.25, 0.3) is 0 Å². The number of phenols is 1. The molecule has 0 fully saturated rings. The van der Waals surface area contributed by atoms with E-state index < -0.39 is 5.82 Å². The molecule has 0 radical (unpaired) electrons. The number of hydrogen-bond donors (Lipinski definition) is 1. The van der Waals surface area contributed by atoms with Crippen molar-refractivity contribution in [2.45, 2.75) is 6.54 Å². The van der Waals surface area contributed by atoms with E-state index in [4.69, 9.17) is 0 Å². The number of nitrogens with zero attached hydrogens (tertiary/aromatic N) is 1. The van der Waals surface area contributed by atoms with Gasteiger partial charge in [0.2, 0.25) is 0 Å². The fourth-order valence-electron chi connectivity index (χ4n) is 1.75. The molecule has 1 N–H and O–H groups in total. The van der Waals surface area contributed by atoms with Crippen LogP contribution in [0.25, 0.3) is 0 Å². The van der Waals surface area contributed by atoms with Gasteiger partial charge in [0.05, 0.1) is 0 Å². The Hall–Kier alpha value is -2.10. The molecule has 0 amide bonds. The van der Waals surface area contributed by atoms with Crippen molar-refractivity contribution in [3.05, 3.63) is 59.7 Å². The van der Waals surface area contributed by atoms with Gasteiger partial charge in [-0.25, -0.2) is 8.78 Å². The quantitative estimate of drug-likeness (QED) is 0.902. The van der Waals surface area contributed by atoms with Crippen molar-refractivity contribution in [2.24, 2.45) is 0 Å². The van der Waals surface area contributed by atoms with Crippen LogP contribution in [0.15, 0.2) is 42.5 Å². The van der Waals surface area contributed by atoms with Gasteiger partial charge < -0.3 is 10.0 Å². The van der Waals surface area contributed by atoms with E-state index in [0.29, 0.717) is 17.8 Å². The Labute approximate surface area is 104 Å². The topological polar surface area (TPSA) is 23.5 Å². The van der Waals surface area contributed by atoms with E-state index >= 15 is 0 Å². The number of benzene rings is 2. The van der Waals surface area contributed by atoms with Gasteiger partial charge in [-0.2, -0.15) is 0 Å². The van der Waals surface area contributed by atoms with E-state index in [2.05, 4.69) is 0 Å². The fraction of sp³-hybridized carbons (Fsp3) is 0.143. The van der Waals surface area contributed by atoms with Crippen LogP contribution in [0.4, 0.5) is 14.5 Å².